The summed E-state index contributed by atoms with van der Waals surface area (Å²) in [6.45, 7) is 4.72. The maximum absolute atomic E-state index is 12.9. The van der Waals surface area contributed by atoms with Crippen molar-refractivity contribution in [1.29, 1.82) is 0 Å². The molecule has 0 radical (unpaired) electrons. The first-order valence-corrected chi connectivity index (χ1v) is 13.5. The van der Waals surface area contributed by atoms with Crippen LogP contribution in [-0.4, -0.2) is 60.9 Å². The number of fused-ring (bicyclic) bond motifs is 1. The van der Waals surface area contributed by atoms with Gasteiger partial charge < -0.3 is 9.84 Å². The van der Waals surface area contributed by atoms with Crippen LogP contribution < -0.4 is 0 Å². The number of aromatic carboxylic acids is 1. The van der Waals surface area contributed by atoms with Crippen LogP contribution in [0.5, 0.6) is 0 Å². The number of amides is 1. The van der Waals surface area contributed by atoms with Crippen LogP contribution in [0.1, 0.15) is 77.5 Å². The van der Waals surface area contributed by atoms with Crippen molar-refractivity contribution in [3.63, 3.8) is 0 Å². The normalized spacial score (nSPS) is 25.6. The molecular formula is C22H32N2O6S2. The van der Waals surface area contributed by atoms with Crippen molar-refractivity contribution in [3.05, 3.63) is 20.9 Å². The Hall–Kier alpha value is -1.65. The fourth-order valence-corrected chi connectivity index (χ4v) is 8.19. The zero-order valence-corrected chi connectivity index (χ0v) is 20.6. The summed E-state index contributed by atoms with van der Waals surface area (Å²) >= 11 is 1.63. The quantitative estimate of drug-likeness (QED) is 0.657. The Balaban J connectivity index is 1.63. The third kappa shape index (κ3) is 4.28. The van der Waals surface area contributed by atoms with Crippen molar-refractivity contribution in [1.82, 2.24) is 8.61 Å². The summed E-state index contributed by atoms with van der Waals surface area (Å²) in [6, 6.07) is 0. The molecule has 1 N–H and O–H groups in total. The van der Waals surface area contributed by atoms with Gasteiger partial charge in [-0.1, -0.05) is 26.7 Å². The molecule has 32 heavy (non-hydrogen) atoms. The van der Waals surface area contributed by atoms with E-state index in [2.05, 4.69) is 13.8 Å². The molecule has 2 heterocycles. The predicted molar refractivity (Wildman–Crippen MR) is 121 cm³/mol. The molecule has 0 spiro atoms. The summed E-state index contributed by atoms with van der Waals surface area (Å²) in [5, 5.41) is 10.1. The number of carboxylic acid groups (broad SMARTS) is 1. The second kappa shape index (κ2) is 8.61. The maximum atomic E-state index is 12.9. The number of aryl methyl sites for hydroxylation is 1. The first-order chi connectivity index (χ1) is 15.0. The van der Waals surface area contributed by atoms with E-state index in [4.69, 9.17) is 4.74 Å². The van der Waals surface area contributed by atoms with E-state index in [1.807, 2.05) is 0 Å². The van der Waals surface area contributed by atoms with Crippen LogP contribution in [0.25, 0.3) is 0 Å². The molecule has 1 saturated heterocycles. The van der Waals surface area contributed by atoms with Crippen molar-refractivity contribution in [2.75, 3.05) is 26.7 Å². The Morgan fingerprint density at radius 3 is 2.69 bits per heavy atom. The average Bonchev–Trinajstić information content (AvgIpc) is 3.31. The van der Waals surface area contributed by atoms with Gasteiger partial charge in [-0.15, -0.1) is 11.3 Å². The van der Waals surface area contributed by atoms with E-state index in [0.29, 0.717) is 5.56 Å². The molecule has 0 unspecified atom stereocenters. The Labute approximate surface area is 193 Å². The van der Waals surface area contributed by atoms with Gasteiger partial charge in [0.2, 0.25) is 0 Å². The number of carboxylic acids is 1. The van der Waals surface area contributed by atoms with Gasteiger partial charge in [0.15, 0.2) is 0 Å². The van der Waals surface area contributed by atoms with Gasteiger partial charge in [0.05, 0.1) is 12.1 Å². The van der Waals surface area contributed by atoms with Crippen molar-refractivity contribution in [3.8, 4) is 0 Å². The number of hydrogen-bond donors (Lipinski definition) is 1. The molecule has 10 heteroatoms. The lowest BCUT2D eigenvalue weighted by molar-refractivity contribution is 0.0692. The van der Waals surface area contributed by atoms with Crippen LogP contribution in [0, 0.1) is 11.3 Å². The standard InChI is InChI=1S/C22H32N2O6S2/c1-22(2)9-8-17-16(12-22)18(20(25)26)19(31-17)15-7-5-4-6-14(15)13-23(3)32(28,29)24-10-11-30-21(24)27/h14-15H,4-13H2,1-3H3,(H,25,26)/t14-,15-/m0/s1. The molecule has 3 aliphatic rings. The van der Waals surface area contributed by atoms with Crippen LogP contribution in [0.4, 0.5) is 4.79 Å². The van der Waals surface area contributed by atoms with E-state index in [1.54, 1.807) is 11.3 Å². The van der Waals surface area contributed by atoms with Gasteiger partial charge in [-0.2, -0.15) is 17.0 Å². The van der Waals surface area contributed by atoms with Crippen LogP contribution in [0.3, 0.4) is 0 Å². The fourth-order valence-electron chi connectivity index (χ4n) is 5.39. The van der Waals surface area contributed by atoms with Crippen molar-refractivity contribution >= 4 is 33.6 Å². The molecule has 1 aliphatic heterocycles. The molecule has 4 rings (SSSR count). The number of cyclic esters (lactones) is 1. The van der Waals surface area contributed by atoms with E-state index < -0.39 is 22.3 Å². The van der Waals surface area contributed by atoms with E-state index in [0.717, 1.165) is 59.7 Å². The monoisotopic (exact) mass is 484 g/mol. The van der Waals surface area contributed by atoms with Gasteiger partial charge in [-0.05, 0) is 54.9 Å². The van der Waals surface area contributed by atoms with E-state index >= 15 is 0 Å². The smallest absolute Gasteiger partial charge is 0.424 e. The molecule has 1 aromatic heterocycles. The molecule has 178 valence electrons. The summed E-state index contributed by atoms with van der Waals surface area (Å²) in [6.07, 6.45) is 5.55. The molecule has 2 fully saturated rings. The molecule has 1 amide bonds. The summed E-state index contributed by atoms with van der Waals surface area (Å²) in [7, 11) is -2.47. The van der Waals surface area contributed by atoms with Crippen molar-refractivity contribution < 1.29 is 27.9 Å². The highest BCUT2D eigenvalue weighted by molar-refractivity contribution is 7.87. The molecule has 0 bridgehead atoms. The molecule has 1 saturated carbocycles. The van der Waals surface area contributed by atoms with Crippen molar-refractivity contribution in [2.24, 2.45) is 11.3 Å². The predicted octanol–water partition coefficient (Wildman–Crippen LogP) is 3.86. The summed E-state index contributed by atoms with van der Waals surface area (Å²) in [5.74, 6) is -0.856. The van der Waals surface area contributed by atoms with Gasteiger partial charge in [-0.25, -0.2) is 9.59 Å². The maximum Gasteiger partial charge on any atom is 0.424 e. The van der Waals surface area contributed by atoms with Gasteiger partial charge in [0, 0.05) is 23.3 Å². The zero-order valence-electron chi connectivity index (χ0n) is 18.9. The molecular weight excluding hydrogens is 452 g/mol. The first kappa shape index (κ1) is 23.5. The minimum Gasteiger partial charge on any atom is -0.478 e. The van der Waals surface area contributed by atoms with Gasteiger partial charge in [-0.3, -0.25) is 0 Å². The summed E-state index contributed by atoms with van der Waals surface area (Å²) < 4.78 is 32.7. The number of thiophene rings is 1. The minimum absolute atomic E-state index is 0.00774. The number of ether oxygens (including phenoxy) is 1. The van der Waals surface area contributed by atoms with E-state index in [-0.39, 0.29) is 36.9 Å². The van der Waals surface area contributed by atoms with Gasteiger partial charge in [0.1, 0.15) is 6.61 Å². The second-order valence-electron chi connectivity index (χ2n) is 10.0. The summed E-state index contributed by atoms with van der Waals surface area (Å²) in [4.78, 5) is 26.3. The molecule has 2 atom stereocenters. The lowest BCUT2D eigenvalue weighted by Gasteiger charge is -2.34. The topological polar surface area (TPSA) is 104 Å². The Morgan fingerprint density at radius 2 is 2.03 bits per heavy atom. The molecule has 8 nitrogen and oxygen atoms in total. The minimum atomic E-state index is -3.96. The fraction of sp³-hybridized carbons (Fsp3) is 0.727. The molecule has 2 aliphatic carbocycles. The Bertz CT molecular complexity index is 1020. The SMILES string of the molecule is CN(C[C@@H]1CCCC[C@@H]1c1sc2c(c1C(=O)O)CC(C)(C)CC2)S(=O)(=O)N1CCOC1=O. The van der Waals surface area contributed by atoms with Crippen LogP contribution in [0.15, 0.2) is 0 Å². The third-order valence-corrected chi connectivity index (χ3v) is 10.4. The highest BCUT2D eigenvalue weighted by atomic mass is 32.2. The summed E-state index contributed by atoms with van der Waals surface area (Å²) in [5.41, 5.74) is 1.53. The Kier molecular flexibility index (Phi) is 6.32. The number of carbonyl (C=O) groups is 2. The highest BCUT2D eigenvalue weighted by Gasteiger charge is 2.41. The third-order valence-electron chi connectivity index (χ3n) is 7.15. The number of nitrogens with zero attached hydrogens (tertiary/aromatic N) is 2. The number of rotatable bonds is 6. The van der Waals surface area contributed by atoms with E-state index in [9.17, 15) is 23.1 Å². The van der Waals surface area contributed by atoms with Crippen LogP contribution in [0.2, 0.25) is 0 Å². The van der Waals surface area contributed by atoms with Gasteiger partial charge >= 0.3 is 22.3 Å². The molecule has 1 aromatic rings. The highest BCUT2D eigenvalue weighted by Crippen LogP contribution is 2.48. The lowest BCUT2D eigenvalue weighted by atomic mass is 9.74. The second-order valence-corrected chi connectivity index (χ2v) is 13.1. The van der Waals surface area contributed by atoms with Crippen LogP contribution >= 0.6 is 11.3 Å². The zero-order chi connectivity index (χ0) is 23.3. The first-order valence-electron chi connectivity index (χ1n) is 11.3. The van der Waals surface area contributed by atoms with Gasteiger partial charge in [0.25, 0.3) is 0 Å². The van der Waals surface area contributed by atoms with E-state index in [1.165, 1.54) is 16.2 Å². The molecule has 0 aromatic carbocycles. The number of hydrogen-bond acceptors (Lipinski definition) is 6. The lowest BCUT2D eigenvalue weighted by Crippen LogP contribution is -2.45. The van der Waals surface area contributed by atoms with Crippen LogP contribution in [-0.2, 0) is 27.8 Å². The van der Waals surface area contributed by atoms with Crippen molar-refractivity contribution in [2.45, 2.75) is 64.7 Å². The average molecular weight is 485 g/mol. The number of carbonyl (C=O) groups excluding carboxylic acids is 1. The largest absolute Gasteiger partial charge is 0.478 e. The Morgan fingerprint density at radius 1 is 1.31 bits per heavy atom.